The summed E-state index contributed by atoms with van der Waals surface area (Å²) >= 11 is 3.42. The largest absolute Gasteiger partial charge is 0.342 e. The SMILES string of the molecule is NCC1CCN(c2ncc(Br)c3nncn23)C1. The lowest BCUT2D eigenvalue weighted by molar-refractivity contribution is 0.601. The van der Waals surface area contributed by atoms with E-state index < -0.39 is 0 Å². The average Bonchev–Trinajstić information content (AvgIpc) is 2.98. The molecule has 0 aromatic carbocycles. The molecule has 3 rings (SSSR count). The van der Waals surface area contributed by atoms with Crippen LogP contribution < -0.4 is 10.6 Å². The predicted molar refractivity (Wildman–Crippen MR) is 67.9 cm³/mol. The van der Waals surface area contributed by atoms with Gasteiger partial charge in [0, 0.05) is 19.3 Å². The molecule has 2 aromatic rings. The Balaban J connectivity index is 2.01. The molecular formula is C10H13BrN6. The molecule has 0 radical (unpaired) electrons. The number of aromatic nitrogens is 4. The molecule has 0 aliphatic carbocycles. The second kappa shape index (κ2) is 4.23. The van der Waals surface area contributed by atoms with Crippen molar-refractivity contribution in [3.05, 3.63) is 17.0 Å². The summed E-state index contributed by atoms with van der Waals surface area (Å²) in [5.41, 5.74) is 6.50. The van der Waals surface area contributed by atoms with Gasteiger partial charge in [0.2, 0.25) is 5.95 Å². The van der Waals surface area contributed by atoms with E-state index in [4.69, 9.17) is 5.73 Å². The topological polar surface area (TPSA) is 72.3 Å². The van der Waals surface area contributed by atoms with Gasteiger partial charge in [0.15, 0.2) is 5.65 Å². The van der Waals surface area contributed by atoms with Gasteiger partial charge in [-0.1, -0.05) is 0 Å². The summed E-state index contributed by atoms with van der Waals surface area (Å²) in [7, 11) is 0. The highest BCUT2D eigenvalue weighted by Crippen LogP contribution is 2.24. The summed E-state index contributed by atoms with van der Waals surface area (Å²) in [5.74, 6) is 1.45. The summed E-state index contributed by atoms with van der Waals surface area (Å²) < 4.78 is 2.76. The highest BCUT2D eigenvalue weighted by atomic mass is 79.9. The number of rotatable bonds is 2. The Morgan fingerprint density at radius 1 is 1.53 bits per heavy atom. The molecule has 2 aromatic heterocycles. The lowest BCUT2D eigenvalue weighted by Crippen LogP contribution is -2.25. The summed E-state index contributed by atoms with van der Waals surface area (Å²) in [5, 5.41) is 7.99. The fourth-order valence-corrected chi connectivity index (χ4v) is 2.59. The minimum absolute atomic E-state index is 0.562. The van der Waals surface area contributed by atoms with Crippen LogP contribution >= 0.6 is 15.9 Å². The van der Waals surface area contributed by atoms with Gasteiger partial charge in [-0.05, 0) is 34.8 Å². The molecule has 1 atom stereocenters. The lowest BCUT2D eigenvalue weighted by atomic mass is 10.1. The van der Waals surface area contributed by atoms with E-state index in [1.165, 1.54) is 0 Å². The zero-order valence-corrected chi connectivity index (χ0v) is 10.8. The summed E-state index contributed by atoms with van der Waals surface area (Å²) in [6.45, 7) is 2.68. The Labute approximate surface area is 107 Å². The van der Waals surface area contributed by atoms with Crippen LogP contribution in [0.15, 0.2) is 17.0 Å². The van der Waals surface area contributed by atoms with Gasteiger partial charge in [0.25, 0.3) is 0 Å². The van der Waals surface area contributed by atoms with Crippen LogP contribution in [0.1, 0.15) is 6.42 Å². The molecule has 0 saturated carbocycles. The summed E-state index contributed by atoms with van der Waals surface area (Å²) in [6.07, 6.45) is 4.59. The number of nitrogens with zero attached hydrogens (tertiary/aromatic N) is 5. The molecule has 3 heterocycles. The standard InChI is InChI=1S/C10H13BrN6/c11-8-4-13-10(17-6-14-15-9(8)17)16-2-1-7(3-12)5-16/h4,6-7H,1-3,5,12H2. The van der Waals surface area contributed by atoms with Crippen LogP contribution in [-0.4, -0.2) is 39.2 Å². The number of halogens is 1. The second-order valence-corrected chi connectivity index (χ2v) is 5.12. The predicted octanol–water partition coefficient (Wildman–Crippen LogP) is 0.672. The number of fused-ring (bicyclic) bond motifs is 1. The van der Waals surface area contributed by atoms with Crippen LogP contribution in [0.2, 0.25) is 0 Å². The van der Waals surface area contributed by atoms with Crippen molar-refractivity contribution in [3.63, 3.8) is 0 Å². The van der Waals surface area contributed by atoms with Gasteiger partial charge >= 0.3 is 0 Å². The van der Waals surface area contributed by atoms with Crippen LogP contribution in [-0.2, 0) is 0 Å². The molecule has 6 nitrogen and oxygen atoms in total. The van der Waals surface area contributed by atoms with Crippen LogP contribution in [0, 0.1) is 5.92 Å². The number of hydrogen-bond acceptors (Lipinski definition) is 5. The van der Waals surface area contributed by atoms with E-state index >= 15 is 0 Å². The Bertz CT molecular complexity index is 539. The Morgan fingerprint density at radius 3 is 3.18 bits per heavy atom. The van der Waals surface area contributed by atoms with Gasteiger partial charge in [-0.25, -0.2) is 9.38 Å². The quantitative estimate of drug-likeness (QED) is 0.882. The molecule has 2 N–H and O–H groups in total. The fourth-order valence-electron chi connectivity index (χ4n) is 2.22. The smallest absolute Gasteiger partial charge is 0.212 e. The van der Waals surface area contributed by atoms with E-state index in [1.807, 2.05) is 4.40 Å². The molecule has 1 unspecified atom stereocenters. The maximum Gasteiger partial charge on any atom is 0.212 e. The van der Waals surface area contributed by atoms with Crippen molar-refractivity contribution in [2.24, 2.45) is 11.7 Å². The molecule has 1 aliphatic rings. The first-order valence-electron chi connectivity index (χ1n) is 5.59. The van der Waals surface area contributed by atoms with Gasteiger partial charge in [-0.15, -0.1) is 10.2 Å². The summed E-state index contributed by atoms with van der Waals surface area (Å²) in [6, 6.07) is 0. The molecule has 1 aliphatic heterocycles. The first kappa shape index (κ1) is 10.9. The zero-order valence-electron chi connectivity index (χ0n) is 9.25. The van der Waals surface area contributed by atoms with Crippen molar-refractivity contribution >= 4 is 27.5 Å². The number of nitrogens with two attached hydrogens (primary N) is 1. The van der Waals surface area contributed by atoms with Gasteiger partial charge in [0.1, 0.15) is 6.33 Å². The third kappa shape index (κ3) is 1.79. The highest BCUT2D eigenvalue weighted by molar-refractivity contribution is 9.10. The molecule has 90 valence electrons. The first-order valence-corrected chi connectivity index (χ1v) is 6.38. The lowest BCUT2D eigenvalue weighted by Gasteiger charge is -2.18. The van der Waals surface area contributed by atoms with Gasteiger partial charge in [0.05, 0.1) is 4.47 Å². The molecule has 7 heteroatoms. The van der Waals surface area contributed by atoms with E-state index in [-0.39, 0.29) is 0 Å². The van der Waals surface area contributed by atoms with Gasteiger partial charge in [-0.3, -0.25) is 0 Å². The molecule has 1 fully saturated rings. The minimum atomic E-state index is 0.562. The number of hydrogen-bond donors (Lipinski definition) is 1. The third-order valence-electron chi connectivity index (χ3n) is 3.17. The zero-order chi connectivity index (χ0) is 11.8. The van der Waals surface area contributed by atoms with Crippen LogP contribution in [0.4, 0.5) is 5.95 Å². The van der Waals surface area contributed by atoms with Crippen molar-refractivity contribution in [1.29, 1.82) is 0 Å². The monoisotopic (exact) mass is 296 g/mol. The van der Waals surface area contributed by atoms with E-state index in [0.717, 1.165) is 42.1 Å². The van der Waals surface area contributed by atoms with E-state index in [1.54, 1.807) is 12.5 Å². The van der Waals surface area contributed by atoms with Crippen LogP contribution in [0.3, 0.4) is 0 Å². The molecule has 0 amide bonds. The minimum Gasteiger partial charge on any atom is -0.342 e. The Kier molecular flexibility index (Phi) is 2.71. The van der Waals surface area contributed by atoms with Crippen molar-refractivity contribution in [2.75, 3.05) is 24.5 Å². The van der Waals surface area contributed by atoms with Crippen molar-refractivity contribution in [1.82, 2.24) is 19.6 Å². The average molecular weight is 297 g/mol. The summed E-state index contributed by atoms with van der Waals surface area (Å²) in [4.78, 5) is 6.69. The molecule has 1 saturated heterocycles. The van der Waals surface area contributed by atoms with E-state index in [2.05, 4.69) is 36.0 Å². The maximum absolute atomic E-state index is 5.70. The molecule has 0 bridgehead atoms. The van der Waals surface area contributed by atoms with Crippen molar-refractivity contribution in [3.8, 4) is 0 Å². The van der Waals surface area contributed by atoms with Crippen molar-refractivity contribution in [2.45, 2.75) is 6.42 Å². The second-order valence-electron chi connectivity index (χ2n) is 4.27. The van der Waals surface area contributed by atoms with E-state index in [9.17, 15) is 0 Å². The van der Waals surface area contributed by atoms with Crippen molar-refractivity contribution < 1.29 is 0 Å². The normalized spacial score (nSPS) is 20.4. The van der Waals surface area contributed by atoms with Crippen LogP contribution in [0.25, 0.3) is 5.65 Å². The first-order chi connectivity index (χ1) is 8.29. The fraction of sp³-hybridized carbons (Fsp3) is 0.500. The van der Waals surface area contributed by atoms with Gasteiger partial charge in [-0.2, -0.15) is 0 Å². The molecular weight excluding hydrogens is 284 g/mol. The van der Waals surface area contributed by atoms with Gasteiger partial charge < -0.3 is 10.6 Å². The Morgan fingerprint density at radius 2 is 2.41 bits per heavy atom. The van der Waals surface area contributed by atoms with E-state index in [0.29, 0.717) is 5.92 Å². The van der Waals surface area contributed by atoms with Crippen LogP contribution in [0.5, 0.6) is 0 Å². The molecule has 17 heavy (non-hydrogen) atoms. The molecule has 0 spiro atoms. The Hall–Kier alpha value is -1.21. The maximum atomic E-state index is 5.70. The number of anilines is 1. The third-order valence-corrected chi connectivity index (χ3v) is 3.73. The highest BCUT2D eigenvalue weighted by Gasteiger charge is 2.24.